The molecule has 0 unspecified atom stereocenters. The summed E-state index contributed by atoms with van der Waals surface area (Å²) in [5.74, 6) is 1.25. The fourth-order valence-electron chi connectivity index (χ4n) is 3.20. The van der Waals surface area contributed by atoms with Gasteiger partial charge in [-0.15, -0.1) is 10.2 Å². The Morgan fingerprint density at radius 3 is 2.57 bits per heavy atom. The third-order valence-electron chi connectivity index (χ3n) is 4.90. The number of halogens is 1. The highest BCUT2D eigenvalue weighted by atomic mass is 35.5. The van der Waals surface area contributed by atoms with Gasteiger partial charge in [-0.3, -0.25) is 14.3 Å². The number of aromatic nitrogens is 4. The average Bonchev–Trinajstić information content (AvgIpc) is 3.31. The van der Waals surface area contributed by atoms with Crippen molar-refractivity contribution in [1.29, 1.82) is 0 Å². The second-order valence-electron chi connectivity index (χ2n) is 7.34. The first-order chi connectivity index (χ1) is 17.0. The number of thioether (sulfide) groups is 1. The van der Waals surface area contributed by atoms with Gasteiger partial charge >= 0.3 is 0 Å². The molecule has 0 aliphatic rings. The van der Waals surface area contributed by atoms with Crippen LogP contribution in [0.4, 0.5) is 0 Å². The molecular weight excluding hydrogens is 484 g/mol. The van der Waals surface area contributed by atoms with Gasteiger partial charge in [-0.05, 0) is 67.9 Å². The molecule has 2 aromatic heterocycles. The summed E-state index contributed by atoms with van der Waals surface area (Å²) in [6.07, 6.45) is 3.43. The summed E-state index contributed by atoms with van der Waals surface area (Å²) >= 11 is 7.20. The molecule has 35 heavy (non-hydrogen) atoms. The number of hydrogen-bond acceptors (Lipinski definition) is 7. The van der Waals surface area contributed by atoms with Gasteiger partial charge in [0.15, 0.2) is 11.0 Å². The summed E-state index contributed by atoms with van der Waals surface area (Å²) in [5, 5.41) is 14.1. The number of amides is 1. The minimum Gasteiger partial charge on any atom is -0.494 e. The summed E-state index contributed by atoms with van der Waals surface area (Å²) in [4.78, 5) is 16.7. The van der Waals surface area contributed by atoms with E-state index in [0.717, 1.165) is 22.6 Å². The van der Waals surface area contributed by atoms with E-state index in [-0.39, 0.29) is 11.7 Å². The second kappa shape index (κ2) is 11.6. The minimum absolute atomic E-state index is 0.111. The van der Waals surface area contributed by atoms with Crippen LogP contribution in [0.2, 0.25) is 5.02 Å². The Morgan fingerprint density at radius 1 is 1.11 bits per heavy atom. The van der Waals surface area contributed by atoms with Crippen molar-refractivity contribution in [3.63, 3.8) is 0 Å². The van der Waals surface area contributed by atoms with Gasteiger partial charge < -0.3 is 4.74 Å². The lowest BCUT2D eigenvalue weighted by Gasteiger charge is -2.11. The van der Waals surface area contributed by atoms with Gasteiger partial charge in [0, 0.05) is 28.7 Å². The largest absolute Gasteiger partial charge is 0.494 e. The lowest BCUT2D eigenvalue weighted by atomic mass is 10.1. The molecule has 0 bridgehead atoms. The van der Waals surface area contributed by atoms with E-state index < -0.39 is 0 Å². The molecule has 0 saturated heterocycles. The van der Waals surface area contributed by atoms with Crippen molar-refractivity contribution in [1.82, 2.24) is 25.2 Å². The molecule has 0 aliphatic heterocycles. The highest BCUT2D eigenvalue weighted by molar-refractivity contribution is 7.99. The number of carbonyl (C=O) groups is 1. The fraction of sp³-hybridized carbons (Fsp3) is 0.160. The predicted molar refractivity (Wildman–Crippen MR) is 138 cm³/mol. The average molecular weight is 507 g/mol. The molecule has 0 aliphatic carbocycles. The van der Waals surface area contributed by atoms with Crippen LogP contribution in [-0.4, -0.2) is 43.7 Å². The number of benzene rings is 2. The standard InChI is InChI=1S/C25H23ClN6O2S/c1-3-34-22-12-10-21(11-13-22)32-24(19-5-4-14-27-15-19)30-31-25(32)35-16-23(33)29-28-17(2)18-6-8-20(26)9-7-18/h4-15H,3,16H2,1-2H3,(H,29,33)/b28-17+. The van der Waals surface area contributed by atoms with Crippen LogP contribution in [0.1, 0.15) is 19.4 Å². The number of pyridine rings is 1. The molecule has 2 aromatic carbocycles. The molecule has 1 amide bonds. The summed E-state index contributed by atoms with van der Waals surface area (Å²) in [6.45, 7) is 4.34. The second-order valence-corrected chi connectivity index (χ2v) is 8.72. The topological polar surface area (TPSA) is 94.3 Å². The predicted octanol–water partition coefficient (Wildman–Crippen LogP) is 5.01. The van der Waals surface area contributed by atoms with E-state index >= 15 is 0 Å². The maximum atomic E-state index is 12.5. The van der Waals surface area contributed by atoms with Crippen LogP contribution in [0.15, 0.2) is 83.3 Å². The van der Waals surface area contributed by atoms with Crippen molar-refractivity contribution in [2.45, 2.75) is 19.0 Å². The Morgan fingerprint density at radius 2 is 1.89 bits per heavy atom. The van der Waals surface area contributed by atoms with Gasteiger partial charge in [-0.1, -0.05) is 35.5 Å². The number of nitrogens with zero attached hydrogens (tertiary/aromatic N) is 5. The van der Waals surface area contributed by atoms with Crippen LogP contribution in [-0.2, 0) is 4.79 Å². The molecule has 10 heteroatoms. The van der Waals surface area contributed by atoms with Crippen molar-refractivity contribution < 1.29 is 9.53 Å². The highest BCUT2D eigenvalue weighted by Crippen LogP contribution is 2.28. The van der Waals surface area contributed by atoms with Gasteiger partial charge in [0.1, 0.15) is 5.75 Å². The Hall–Kier alpha value is -3.69. The third-order valence-corrected chi connectivity index (χ3v) is 6.08. The Kier molecular flexibility index (Phi) is 8.12. The van der Waals surface area contributed by atoms with Crippen LogP contribution < -0.4 is 10.2 Å². The number of carbonyl (C=O) groups excluding carboxylic acids is 1. The Bertz CT molecular complexity index is 1310. The normalized spacial score (nSPS) is 11.3. The summed E-state index contributed by atoms with van der Waals surface area (Å²) in [7, 11) is 0. The summed E-state index contributed by atoms with van der Waals surface area (Å²) in [6, 6.07) is 18.6. The molecule has 0 fully saturated rings. The van der Waals surface area contributed by atoms with Crippen LogP contribution in [0, 0.1) is 0 Å². The molecule has 0 radical (unpaired) electrons. The van der Waals surface area contributed by atoms with E-state index in [1.54, 1.807) is 24.5 Å². The smallest absolute Gasteiger partial charge is 0.250 e. The number of rotatable bonds is 9. The van der Waals surface area contributed by atoms with Crippen molar-refractivity contribution in [3.8, 4) is 22.8 Å². The molecule has 0 spiro atoms. The third kappa shape index (κ3) is 6.26. The van der Waals surface area contributed by atoms with Gasteiger partial charge in [0.25, 0.3) is 5.91 Å². The number of ether oxygens (including phenoxy) is 1. The summed E-state index contributed by atoms with van der Waals surface area (Å²) in [5.41, 5.74) is 5.80. The maximum absolute atomic E-state index is 12.5. The van der Waals surface area contributed by atoms with Crippen molar-refractivity contribution >= 4 is 35.0 Å². The number of hydrazone groups is 1. The maximum Gasteiger partial charge on any atom is 0.250 e. The quantitative estimate of drug-likeness (QED) is 0.195. The Balaban J connectivity index is 1.52. The van der Waals surface area contributed by atoms with Gasteiger partial charge in [-0.25, -0.2) is 5.43 Å². The van der Waals surface area contributed by atoms with Gasteiger partial charge in [0.05, 0.1) is 18.1 Å². The first-order valence-corrected chi connectivity index (χ1v) is 12.2. The molecular formula is C25H23ClN6O2S. The van der Waals surface area contributed by atoms with E-state index in [1.165, 1.54) is 11.8 Å². The lowest BCUT2D eigenvalue weighted by molar-refractivity contribution is -0.118. The lowest BCUT2D eigenvalue weighted by Crippen LogP contribution is -2.21. The van der Waals surface area contributed by atoms with E-state index in [0.29, 0.717) is 28.3 Å². The van der Waals surface area contributed by atoms with Gasteiger partial charge in [0.2, 0.25) is 0 Å². The molecule has 4 aromatic rings. The van der Waals surface area contributed by atoms with Crippen LogP contribution >= 0.6 is 23.4 Å². The zero-order valence-electron chi connectivity index (χ0n) is 19.2. The van der Waals surface area contributed by atoms with Crippen molar-refractivity contribution in [2.24, 2.45) is 5.10 Å². The first kappa shape index (κ1) is 24.4. The zero-order valence-corrected chi connectivity index (χ0v) is 20.8. The van der Waals surface area contributed by atoms with Crippen LogP contribution in [0.25, 0.3) is 17.1 Å². The molecule has 0 saturated carbocycles. The van der Waals surface area contributed by atoms with Crippen LogP contribution in [0.3, 0.4) is 0 Å². The highest BCUT2D eigenvalue weighted by Gasteiger charge is 2.17. The van der Waals surface area contributed by atoms with E-state index in [1.807, 2.05) is 66.9 Å². The SMILES string of the molecule is CCOc1ccc(-n2c(SCC(=O)N/N=C(\C)c3ccc(Cl)cc3)nnc2-c2cccnc2)cc1. The molecule has 8 nitrogen and oxygen atoms in total. The zero-order chi connectivity index (χ0) is 24.6. The molecule has 4 rings (SSSR count). The fourth-order valence-corrected chi connectivity index (χ4v) is 4.07. The van der Waals surface area contributed by atoms with E-state index in [2.05, 4.69) is 25.7 Å². The molecule has 178 valence electrons. The number of nitrogens with one attached hydrogen (secondary N) is 1. The molecule has 1 N–H and O–H groups in total. The van der Waals surface area contributed by atoms with E-state index in [9.17, 15) is 4.79 Å². The number of hydrogen-bond donors (Lipinski definition) is 1. The van der Waals surface area contributed by atoms with Gasteiger partial charge in [-0.2, -0.15) is 5.10 Å². The first-order valence-electron chi connectivity index (χ1n) is 10.9. The van der Waals surface area contributed by atoms with Crippen molar-refractivity contribution in [3.05, 3.63) is 83.6 Å². The van der Waals surface area contributed by atoms with Crippen molar-refractivity contribution in [2.75, 3.05) is 12.4 Å². The molecule has 2 heterocycles. The summed E-state index contributed by atoms with van der Waals surface area (Å²) < 4.78 is 7.45. The Labute approximate surface area is 212 Å². The van der Waals surface area contributed by atoms with E-state index in [4.69, 9.17) is 16.3 Å². The minimum atomic E-state index is -0.257. The van der Waals surface area contributed by atoms with Crippen LogP contribution in [0.5, 0.6) is 5.75 Å². The molecule has 0 atom stereocenters. The monoisotopic (exact) mass is 506 g/mol.